The number of aliphatic hydroxyl groups is 1. The molecule has 2 rings (SSSR count). The predicted molar refractivity (Wildman–Crippen MR) is 78.1 cm³/mol. The van der Waals surface area contributed by atoms with Crippen molar-refractivity contribution in [3.63, 3.8) is 0 Å². The maximum Gasteiger partial charge on any atom is 0.136 e. The lowest BCUT2D eigenvalue weighted by molar-refractivity contribution is 0.196. The lowest BCUT2D eigenvalue weighted by Crippen LogP contribution is -2.38. The molecule has 1 aliphatic heterocycles. The van der Waals surface area contributed by atoms with E-state index in [1.165, 1.54) is 0 Å². The molecule has 0 spiro atoms. The first-order valence-electron chi connectivity index (χ1n) is 6.38. The zero-order valence-corrected chi connectivity index (χ0v) is 11.9. The van der Waals surface area contributed by atoms with Crippen LogP contribution in [0.3, 0.4) is 0 Å². The molecule has 4 nitrogen and oxygen atoms in total. The predicted octanol–water partition coefficient (Wildman–Crippen LogP) is 0.575. The van der Waals surface area contributed by atoms with Crippen LogP contribution >= 0.6 is 11.6 Å². The van der Waals surface area contributed by atoms with Crippen molar-refractivity contribution in [3.8, 4) is 0 Å². The summed E-state index contributed by atoms with van der Waals surface area (Å²) in [6.45, 7) is 4.38. The Morgan fingerprint density at radius 3 is 3.05 bits per heavy atom. The van der Waals surface area contributed by atoms with Gasteiger partial charge in [-0.3, -0.25) is 4.98 Å². The minimum absolute atomic E-state index is 0.273. The number of nitrogens with one attached hydrogen (secondary N) is 1. The molecular formula is C14H18ClN3O. The first kappa shape index (κ1) is 14.0. The van der Waals surface area contributed by atoms with Gasteiger partial charge in [-0.15, -0.1) is 0 Å². The van der Waals surface area contributed by atoms with Gasteiger partial charge < -0.3 is 10.4 Å². The zero-order chi connectivity index (χ0) is 13.8. The van der Waals surface area contributed by atoms with Crippen molar-refractivity contribution in [2.75, 3.05) is 6.54 Å². The van der Waals surface area contributed by atoms with Crippen molar-refractivity contribution >= 4 is 28.7 Å². The number of pyridine rings is 1. The molecule has 1 unspecified atom stereocenters. The van der Waals surface area contributed by atoms with Gasteiger partial charge in [-0.2, -0.15) is 0 Å². The monoisotopic (exact) mass is 279 g/mol. The highest BCUT2D eigenvalue weighted by molar-refractivity contribution is 6.45. The van der Waals surface area contributed by atoms with Gasteiger partial charge in [0, 0.05) is 47.2 Å². The fourth-order valence-electron chi connectivity index (χ4n) is 2.06. The molecule has 102 valence electrons. The van der Waals surface area contributed by atoms with Crippen LogP contribution in [-0.4, -0.2) is 29.0 Å². The molecule has 0 aromatic carbocycles. The van der Waals surface area contributed by atoms with Gasteiger partial charge in [-0.25, -0.2) is 4.99 Å². The minimum Gasteiger partial charge on any atom is -0.392 e. The van der Waals surface area contributed by atoms with E-state index >= 15 is 0 Å². The Kier molecular flexibility index (Phi) is 4.56. The number of nitrogens with zero attached hydrogens (tertiary/aromatic N) is 2. The molecule has 0 saturated heterocycles. The third-order valence-corrected chi connectivity index (χ3v) is 3.38. The number of aromatic nitrogens is 1. The Balaban J connectivity index is 2.63. The number of rotatable bonds is 3. The van der Waals surface area contributed by atoms with Crippen LogP contribution in [0.4, 0.5) is 0 Å². The SMILES string of the molecule is CC1CC=N/C(Cl)=c2/ccncc2=C1NC[C@@H](C)O. The average molecular weight is 280 g/mol. The summed E-state index contributed by atoms with van der Waals surface area (Å²) in [6.07, 6.45) is 5.72. The zero-order valence-electron chi connectivity index (χ0n) is 11.1. The highest BCUT2D eigenvalue weighted by atomic mass is 35.5. The Morgan fingerprint density at radius 2 is 2.32 bits per heavy atom. The quantitative estimate of drug-likeness (QED) is 0.796. The van der Waals surface area contributed by atoms with Gasteiger partial charge in [0.15, 0.2) is 0 Å². The normalized spacial score (nSPS) is 23.4. The van der Waals surface area contributed by atoms with Crippen molar-refractivity contribution in [1.82, 2.24) is 10.3 Å². The fourth-order valence-corrected chi connectivity index (χ4v) is 2.29. The lowest BCUT2D eigenvalue weighted by Gasteiger charge is -2.19. The molecular weight excluding hydrogens is 262 g/mol. The Morgan fingerprint density at radius 1 is 1.53 bits per heavy atom. The van der Waals surface area contributed by atoms with Crippen LogP contribution in [0, 0.1) is 5.92 Å². The molecule has 0 bridgehead atoms. The topological polar surface area (TPSA) is 57.5 Å². The molecule has 0 saturated carbocycles. The molecule has 1 aromatic heterocycles. The number of fused-ring (bicyclic) bond motifs is 1. The summed E-state index contributed by atoms with van der Waals surface area (Å²) in [7, 11) is 0. The smallest absolute Gasteiger partial charge is 0.136 e. The van der Waals surface area contributed by atoms with Crippen molar-refractivity contribution in [2.45, 2.75) is 26.4 Å². The summed E-state index contributed by atoms with van der Waals surface area (Å²) >= 11 is 6.20. The van der Waals surface area contributed by atoms with E-state index in [2.05, 4.69) is 22.2 Å². The summed E-state index contributed by atoms with van der Waals surface area (Å²) in [5, 5.41) is 15.1. The van der Waals surface area contributed by atoms with Gasteiger partial charge in [0.05, 0.1) is 6.10 Å². The van der Waals surface area contributed by atoms with E-state index in [9.17, 15) is 5.11 Å². The van der Waals surface area contributed by atoms with Gasteiger partial charge in [0.1, 0.15) is 5.16 Å². The molecule has 0 radical (unpaired) electrons. The molecule has 0 amide bonds. The molecule has 2 heterocycles. The van der Waals surface area contributed by atoms with E-state index in [-0.39, 0.29) is 5.92 Å². The Hall–Kier alpha value is -1.39. The summed E-state index contributed by atoms with van der Waals surface area (Å²) in [4.78, 5) is 8.41. The number of aliphatic hydroxyl groups excluding tert-OH is 1. The number of hydrogen-bond donors (Lipinski definition) is 2. The highest BCUT2D eigenvalue weighted by Crippen LogP contribution is 2.13. The van der Waals surface area contributed by atoms with Crippen LogP contribution in [0.5, 0.6) is 0 Å². The standard InChI is InChI=1S/C14H18ClN3O/c1-9-3-6-17-14(15)11-4-5-16-8-12(11)13(9)18-7-10(2)19/h4-6,8-10,18-19H,3,7H2,1-2H3/b13-12?,14-11-,17-6?/t9?,10-/m1/s1. The van der Waals surface area contributed by atoms with Crippen LogP contribution in [0.1, 0.15) is 20.3 Å². The molecule has 5 heteroatoms. The maximum absolute atomic E-state index is 9.45. The highest BCUT2D eigenvalue weighted by Gasteiger charge is 2.12. The van der Waals surface area contributed by atoms with Crippen molar-refractivity contribution in [3.05, 3.63) is 28.9 Å². The van der Waals surface area contributed by atoms with E-state index in [1.54, 1.807) is 19.3 Å². The van der Waals surface area contributed by atoms with Crippen molar-refractivity contribution in [1.29, 1.82) is 0 Å². The summed E-state index contributed by atoms with van der Waals surface area (Å²) in [6, 6.07) is 1.86. The summed E-state index contributed by atoms with van der Waals surface area (Å²) in [5.41, 5.74) is 1.05. The summed E-state index contributed by atoms with van der Waals surface area (Å²) < 4.78 is 0. The Bertz CT molecular complexity index is 595. The first-order valence-corrected chi connectivity index (χ1v) is 6.76. The number of hydrogen-bond acceptors (Lipinski definition) is 4. The van der Waals surface area contributed by atoms with E-state index in [4.69, 9.17) is 11.6 Å². The van der Waals surface area contributed by atoms with Gasteiger partial charge in [0.25, 0.3) is 0 Å². The van der Waals surface area contributed by atoms with Crippen LogP contribution in [0.2, 0.25) is 0 Å². The second-order valence-electron chi connectivity index (χ2n) is 4.80. The largest absolute Gasteiger partial charge is 0.392 e. The molecule has 2 atom stereocenters. The van der Waals surface area contributed by atoms with E-state index < -0.39 is 6.10 Å². The molecule has 1 aliphatic rings. The van der Waals surface area contributed by atoms with Gasteiger partial charge >= 0.3 is 0 Å². The van der Waals surface area contributed by atoms with Gasteiger partial charge in [0.2, 0.25) is 0 Å². The van der Waals surface area contributed by atoms with Gasteiger partial charge in [-0.1, -0.05) is 18.5 Å². The van der Waals surface area contributed by atoms with E-state index in [0.29, 0.717) is 11.7 Å². The third kappa shape index (κ3) is 3.33. The van der Waals surface area contributed by atoms with E-state index in [0.717, 1.165) is 22.6 Å². The lowest BCUT2D eigenvalue weighted by atomic mass is 10.0. The molecule has 19 heavy (non-hydrogen) atoms. The fraction of sp³-hybridized carbons (Fsp3) is 0.429. The average Bonchev–Trinajstić information content (AvgIpc) is 2.37. The van der Waals surface area contributed by atoms with Crippen LogP contribution in [0.15, 0.2) is 23.5 Å². The Labute approximate surface area is 117 Å². The van der Waals surface area contributed by atoms with Crippen molar-refractivity contribution in [2.24, 2.45) is 10.9 Å². The maximum atomic E-state index is 9.45. The van der Waals surface area contributed by atoms with Crippen LogP contribution in [0.25, 0.3) is 10.9 Å². The van der Waals surface area contributed by atoms with Crippen molar-refractivity contribution < 1.29 is 5.11 Å². The second-order valence-corrected chi connectivity index (χ2v) is 5.16. The first-order chi connectivity index (χ1) is 9.09. The molecule has 0 fully saturated rings. The number of halogens is 1. The van der Waals surface area contributed by atoms with Gasteiger partial charge in [-0.05, 0) is 19.4 Å². The summed E-state index contributed by atoms with van der Waals surface area (Å²) in [5.74, 6) is 0.273. The minimum atomic E-state index is -0.404. The van der Waals surface area contributed by atoms with Crippen LogP contribution in [-0.2, 0) is 0 Å². The third-order valence-electron chi connectivity index (χ3n) is 3.08. The number of aliphatic imine (C=N–C) groups is 1. The molecule has 2 N–H and O–H groups in total. The molecule has 0 aliphatic carbocycles. The van der Waals surface area contributed by atoms with Crippen LogP contribution < -0.4 is 15.8 Å². The second kappa shape index (κ2) is 6.17. The molecule has 1 aromatic rings. The van der Waals surface area contributed by atoms with E-state index in [1.807, 2.05) is 12.3 Å².